The van der Waals surface area contributed by atoms with E-state index in [0.717, 1.165) is 22.7 Å². The van der Waals surface area contributed by atoms with Crippen LogP contribution in [0.4, 0.5) is 34.1 Å². The molecule has 0 radical (unpaired) electrons. The Labute approximate surface area is 683 Å². The summed E-state index contributed by atoms with van der Waals surface area (Å²) >= 11 is 0. The van der Waals surface area contributed by atoms with Gasteiger partial charge in [-0.3, -0.25) is 0 Å². The van der Waals surface area contributed by atoms with E-state index < -0.39 is 23.8 Å². The monoisotopic (exact) mass is 1850 g/mol. The second-order valence-corrected chi connectivity index (χ2v) is 33.0. The molecule has 2 aliphatic heterocycles. The number of fused-ring (bicyclic) bond motifs is 4. The fourth-order valence-corrected chi connectivity index (χ4v) is 20.8. The molecule has 0 saturated heterocycles. The predicted molar refractivity (Wildman–Crippen MR) is 466 cm³/mol. The Kier molecular flexibility index (Phi) is 26.8. The number of rotatable bonds is 13. The molecule has 8 nitrogen and oxygen atoms in total. The first-order valence-corrected chi connectivity index (χ1v) is 40.6. The van der Waals surface area contributed by atoms with Crippen LogP contribution in [0.1, 0.15) is 0 Å². The molecule has 0 amide bonds. The van der Waals surface area contributed by atoms with Gasteiger partial charge < -0.3 is 19.6 Å². The number of imidazole rings is 2. The third kappa shape index (κ3) is 18.4. The number of anilines is 6. The molecule has 0 aliphatic carbocycles. The van der Waals surface area contributed by atoms with Gasteiger partial charge in [-0.05, 0) is 146 Å². The van der Waals surface area contributed by atoms with Gasteiger partial charge in [0, 0.05) is 68.4 Å². The molecule has 0 fully saturated rings. The molecule has 0 bridgehead atoms. The van der Waals surface area contributed by atoms with Crippen LogP contribution < -0.4 is 76.5 Å². The summed E-state index contributed by atoms with van der Waals surface area (Å²) in [6.07, 6.45) is 4.27. The van der Waals surface area contributed by atoms with E-state index in [4.69, 9.17) is 0 Å². The molecule has 0 atom stereocenters. The maximum atomic E-state index is 3.59. The minimum atomic E-state index is -0.446. The summed E-state index contributed by atoms with van der Waals surface area (Å²) in [5.41, 5.74) is 13.9. The largest absolute Gasteiger partial charge is 0.504 e. The van der Waals surface area contributed by atoms with Crippen molar-refractivity contribution in [1.82, 2.24) is 9.13 Å². The van der Waals surface area contributed by atoms with E-state index in [-0.39, 0.29) is 39.6 Å². The molecular formula is C98H84N8Os2P3-. The standard InChI is InChI=1S/C22H20N4.C22H19N4.3C18H15P.2Os/c2*1-23-15-25(21-12-5-3-10-19(21)23)17-8-7-9-18(14-17)26-16-24(2)20-11-4-6-13-22(20)26;3*1-4-10-16(11-5-1)19(17-12-6-2-7-13-17)18-14-8-3-9-15-18;;/h3-16H,1-2H3;3-13,15-16H,1-2H3;3*1-15H;;/q+2;-3;;;;;. The Morgan fingerprint density at radius 3 is 0.748 bits per heavy atom. The third-order valence-electron chi connectivity index (χ3n) is 19.0. The van der Waals surface area contributed by atoms with Crippen molar-refractivity contribution in [1.29, 1.82) is 0 Å². The summed E-state index contributed by atoms with van der Waals surface area (Å²) < 4.78 is 8.80. The van der Waals surface area contributed by atoms with Crippen LogP contribution in [0.5, 0.6) is 0 Å². The zero-order chi connectivity index (χ0) is 74.1. The molecule has 2 aliphatic rings. The molecule has 111 heavy (non-hydrogen) atoms. The van der Waals surface area contributed by atoms with Crippen LogP contribution in [0.15, 0.2) is 425 Å². The number of hydrogen-bond donors (Lipinski definition) is 0. The Morgan fingerprint density at radius 1 is 0.252 bits per heavy atom. The molecule has 548 valence electrons. The van der Waals surface area contributed by atoms with Crippen LogP contribution in [0.2, 0.25) is 0 Å². The minimum absolute atomic E-state index is 0. The molecule has 13 heteroatoms. The second-order valence-electron chi connectivity index (χ2n) is 26.3. The molecule has 0 unspecified atom stereocenters. The SMILES string of the molecule is CN1[CH-]N(c2[c-]c(N3[CH-]N(C)c4ccccc43)ccc2)c2ccccc21.C[n+]1cn(-c2cccc(-n3c[n+](C)c4ccccc43)c2)c2ccccc21.[Os].[Os].c1ccc(P(c2ccccc2)c2ccccc2)cc1.c1ccc(P(c2ccccc2)c2ccccc2)cc1.c1ccc(P(c2ccccc2)c2ccccc2)cc1. The van der Waals surface area contributed by atoms with Crippen LogP contribution >= 0.6 is 23.8 Å². The van der Waals surface area contributed by atoms with E-state index >= 15 is 0 Å². The number of aryl methyl sites for hydroxylation is 2. The first kappa shape index (κ1) is 78.1. The van der Waals surface area contributed by atoms with E-state index in [1.54, 1.807) is 0 Å². The number of aromatic nitrogens is 4. The number of benzene rings is 15. The molecule has 15 aromatic carbocycles. The predicted octanol–water partition coefficient (Wildman–Crippen LogP) is 18.5. The Morgan fingerprint density at radius 2 is 0.477 bits per heavy atom. The number of para-hydroxylation sites is 8. The smallest absolute Gasteiger partial charge is 0.249 e. The van der Waals surface area contributed by atoms with E-state index in [2.05, 4.69) is 511 Å². The van der Waals surface area contributed by atoms with Crippen molar-refractivity contribution in [3.63, 3.8) is 0 Å². The van der Waals surface area contributed by atoms with E-state index in [0.29, 0.717) is 0 Å². The topological polar surface area (TPSA) is 30.6 Å². The van der Waals surface area contributed by atoms with E-state index in [1.165, 1.54) is 92.6 Å². The van der Waals surface area contributed by atoms with Crippen LogP contribution in [0.3, 0.4) is 0 Å². The molecule has 19 rings (SSSR count). The van der Waals surface area contributed by atoms with Crippen LogP contribution in [-0.2, 0) is 53.7 Å². The zero-order valence-corrected chi connectivity index (χ0v) is 70.0. The van der Waals surface area contributed by atoms with Crippen molar-refractivity contribution >= 4 is 128 Å². The van der Waals surface area contributed by atoms with Gasteiger partial charge in [0.2, 0.25) is 12.7 Å². The Hall–Kier alpha value is -11.0. The number of nitrogens with zero attached hydrogens (tertiary/aromatic N) is 8. The van der Waals surface area contributed by atoms with Gasteiger partial charge in [-0.2, -0.15) is 28.5 Å². The summed E-state index contributed by atoms with van der Waals surface area (Å²) in [6, 6.07) is 149. The fraction of sp³-hybridized carbons (Fsp3) is 0.0408. The van der Waals surface area contributed by atoms with Gasteiger partial charge in [0.1, 0.15) is 11.4 Å². The average molecular weight is 1850 g/mol. The van der Waals surface area contributed by atoms with E-state index in [9.17, 15) is 0 Å². The minimum Gasteiger partial charge on any atom is -0.504 e. The second kappa shape index (κ2) is 38.1. The quantitative estimate of drug-likeness (QED) is 0.0654. The molecule has 0 N–H and O–H groups in total. The van der Waals surface area contributed by atoms with Crippen molar-refractivity contribution in [3.8, 4) is 11.4 Å². The summed E-state index contributed by atoms with van der Waals surface area (Å²) in [5.74, 6) is 0. The van der Waals surface area contributed by atoms with Gasteiger partial charge in [-0.15, -0.1) is 29.6 Å². The fourth-order valence-electron chi connectivity index (χ4n) is 13.9. The first-order valence-electron chi connectivity index (χ1n) is 36.6. The molecule has 17 aromatic rings. The van der Waals surface area contributed by atoms with Gasteiger partial charge in [-0.1, -0.05) is 328 Å². The summed E-state index contributed by atoms with van der Waals surface area (Å²) in [5, 5.41) is 12.6. The number of hydrogen-bond acceptors (Lipinski definition) is 4. The van der Waals surface area contributed by atoms with Gasteiger partial charge in [-0.25, -0.2) is 9.13 Å². The maximum absolute atomic E-state index is 3.59. The molecule has 2 aromatic heterocycles. The molecule has 0 spiro atoms. The van der Waals surface area contributed by atoms with E-state index in [1.807, 2.05) is 0 Å². The average Bonchev–Trinajstić information content (AvgIpc) is 1.54. The van der Waals surface area contributed by atoms with Gasteiger partial charge in [0.05, 0.1) is 14.1 Å². The summed E-state index contributed by atoms with van der Waals surface area (Å²) in [7, 11) is 6.98. The van der Waals surface area contributed by atoms with Gasteiger partial charge >= 0.3 is 0 Å². The van der Waals surface area contributed by atoms with Crippen LogP contribution in [0, 0.1) is 19.4 Å². The van der Waals surface area contributed by atoms with Crippen molar-refractivity contribution in [2.75, 3.05) is 33.7 Å². The van der Waals surface area contributed by atoms with Crippen LogP contribution in [0.25, 0.3) is 33.4 Å². The van der Waals surface area contributed by atoms with Crippen molar-refractivity contribution in [2.24, 2.45) is 14.1 Å². The summed E-state index contributed by atoms with van der Waals surface area (Å²) in [4.78, 5) is 8.65. The van der Waals surface area contributed by atoms with Crippen LogP contribution in [-0.4, -0.2) is 23.2 Å². The van der Waals surface area contributed by atoms with Gasteiger partial charge in [0.25, 0.3) is 0 Å². The molecule has 4 heterocycles. The molecule has 0 saturated carbocycles. The summed E-state index contributed by atoms with van der Waals surface area (Å²) in [6.45, 7) is 4.21. The molecular weight excluding hydrogens is 1760 g/mol. The van der Waals surface area contributed by atoms with Crippen molar-refractivity contribution < 1.29 is 48.7 Å². The van der Waals surface area contributed by atoms with Crippen molar-refractivity contribution in [3.05, 3.63) is 445 Å². The first-order chi connectivity index (χ1) is 53.8. The normalized spacial score (nSPS) is 11.7. The van der Waals surface area contributed by atoms with Gasteiger partial charge in [0.15, 0.2) is 22.1 Å². The Balaban J connectivity index is 0.000000122. The zero-order valence-electron chi connectivity index (χ0n) is 62.2. The third-order valence-corrected chi connectivity index (χ3v) is 26.4. The Bertz CT molecular complexity index is 5000. The maximum Gasteiger partial charge on any atom is 0.249 e. The van der Waals surface area contributed by atoms with Crippen molar-refractivity contribution in [2.45, 2.75) is 0 Å².